The molecule has 0 spiro atoms. The first-order valence-electron chi connectivity index (χ1n) is 5.72. The van der Waals surface area contributed by atoms with Crippen molar-refractivity contribution in [3.05, 3.63) is 59.2 Å². The second kappa shape index (κ2) is 4.39. The number of halogens is 1. The van der Waals surface area contributed by atoms with E-state index in [1.165, 1.54) is 0 Å². The van der Waals surface area contributed by atoms with Crippen molar-refractivity contribution in [3.8, 4) is 11.3 Å². The lowest BCUT2D eigenvalue weighted by atomic mass is 10.1. The van der Waals surface area contributed by atoms with Gasteiger partial charge in [0.15, 0.2) is 0 Å². The quantitative estimate of drug-likeness (QED) is 0.648. The number of hydrogen-bond acceptors (Lipinski definition) is 2. The van der Waals surface area contributed by atoms with Gasteiger partial charge in [-0.05, 0) is 31.2 Å². The smallest absolute Gasteiger partial charge is 0.0908 e. The van der Waals surface area contributed by atoms with Gasteiger partial charge in [-0.1, -0.05) is 35.4 Å². The van der Waals surface area contributed by atoms with E-state index in [0.29, 0.717) is 5.02 Å². The molecule has 0 aliphatic carbocycles. The third-order valence-corrected chi connectivity index (χ3v) is 3.18. The maximum Gasteiger partial charge on any atom is 0.0908 e. The fourth-order valence-corrected chi connectivity index (χ4v) is 2.14. The van der Waals surface area contributed by atoms with Gasteiger partial charge in [-0.2, -0.15) is 0 Å². The van der Waals surface area contributed by atoms with Crippen molar-refractivity contribution < 1.29 is 0 Å². The Bertz CT molecular complexity index is 723. The van der Waals surface area contributed by atoms with Crippen LogP contribution in [0, 0.1) is 6.92 Å². The molecule has 0 N–H and O–H groups in total. The Hall–Kier alpha value is -1.93. The molecule has 0 aliphatic heterocycles. The molecule has 2 nitrogen and oxygen atoms in total. The fraction of sp³-hybridized carbons (Fsp3) is 0.0667. The molecule has 0 atom stereocenters. The zero-order valence-corrected chi connectivity index (χ0v) is 10.6. The Balaban J connectivity index is 2.22. The van der Waals surface area contributed by atoms with Crippen molar-refractivity contribution in [2.75, 3.05) is 0 Å². The molecule has 3 heteroatoms. The molecule has 0 fully saturated rings. The van der Waals surface area contributed by atoms with E-state index in [9.17, 15) is 0 Å². The minimum atomic E-state index is 0.699. The molecule has 1 heterocycles. The van der Waals surface area contributed by atoms with Crippen molar-refractivity contribution in [2.45, 2.75) is 6.92 Å². The van der Waals surface area contributed by atoms with Gasteiger partial charge in [0.05, 0.1) is 27.9 Å². The van der Waals surface area contributed by atoms with Crippen molar-refractivity contribution >= 4 is 22.6 Å². The summed E-state index contributed by atoms with van der Waals surface area (Å²) in [5.41, 5.74) is 4.67. The third kappa shape index (κ3) is 1.95. The van der Waals surface area contributed by atoms with Crippen LogP contribution in [0.3, 0.4) is 0 Å². The Morgan fingerprint density at radius 2 is 1.78 bits per heavy atom. The first-order chi connectivity index (χ1) is 8.74. The summed E-state index contributed by atoms with van der Waals surface area (Å²) in [6, 6.07) is 13.7. The lowest BCUT2D eigenvalue weighted by Crippen LogP contribution is -1.89. The van der Waals surface area contributed by atoms with E-state index in [1.807, 2.05) is 49.4 Å². The molecule has 2 aromatic carbocycles. The molecule has 0 amide bonds. The van der Waals surface area contributed by atoms with E-state index >= 15 is 0 Å². The molecule has 0 saturated carbocycles. The van der Waals surface area contributed by atoms with Crippen LogP contribution in [0.15, 0.2) is 48.7 Å². The minimum absolute atomic E-state index is 0.699. The van der Waals surface area contributed by atoms with Crippen molar-refractivity contribution in [1.82, 2.24) is 9.97 Å². The van der Waals surface area contributed by atoms with E-state index in [0.717, 1.165) is 27.9 Å². The van der Waals surface area contributed by atoms with E-state index in [1.54, 1.807) is 6.20 Å². The summed E-state index contributed by atoms with van der Waals surface area (Å²) in [5, 5.41) is 0.699. The van der Waals surface area contributed by atoms with Crippen molar-refractivity contribution in [3.63, 3.8) is 0 Å². The Morgan fingerprint density at radius 1 is 1.00 bits per heavy atom. The lowest BCUT2D eigenvalue weighted by molar-refractivity contribution is 1.29. The van der Waals surface area contributed by atoms with E-state index < -0.39 is 0 Å². The summed E-state index contributed by atoms with van der Waals surface area (Å²) in [4.78, 5) is 9.01. The minimum Gasteiger partial charge on any atom is -0.252 e. The molecule has 0 unspecified atom stereocenters. The number of hydrogen-bond donors (Lipinski definition) is 0. The summed E-state index contributed by atoms with van der Waals surface area (Å²) in [5.74, 6) is 0. The van der Waals surface area contributed by atoms with Crippen LogP contribution in [0.25, 0.3) is 22.3 Å². The van der Waals surface area contributed by atoms with Gasteiger partial charge < -0.3 is 0 Å². The highest BCUT2D eigenvalue weighted by Gasteiger charge is 2.06. The summed E-state index contributed by atoms with van der Waals surface area (Å²) in [6.45, 7) is 2.04. The second-order valence-corrected chi connectivity index (χ2v) is 4.63. The molecule has 3 aromatic rings. The summed E-state index contributed by atoms with van der Waals surface area (Å²) in [7, 11) is 0. The first-order valence-corrected chi connectivity index (χ1v) is 6.10. The van der Waals surface area contributed by atoms with Crippen LogP contribution < -0.4 is 0 Å². The van der Waals surface area contributed by atoms with Crippen LogP contribution in [0.2, 0.25) is 5.02 Å². The molecule has 1 aromatic heterocycles. The molecular formula is C15H11ClN2. The van der Waals surface area contributed by atoms with E-state index in [-0.39, 0.29) is 0 Å². The monoisotopic (exact) mass is 254 g/mol. The number of nitrogens with zero attached hydrogens (tertiary/aromatic N) is 2. The molecule has 0 bridgehead atoms. The zero-order valence-electron chi connectivity index (χ0n) is 9.89. The maximum absolute atomic E-state index is 6.21. The van der Waals surface area contributed by atoms with Crippen molar-refractivity contribution in [1.29, 1.82) is 0 Å². The van der Waals surface area contributed by atoms with Gasteiger partial charge in [-0.15, -0.1) is 0 Å². The normalized spacial score (nSPS) is 10.8. The molecule has 0 radical (unpaired) electrons. The fourth-order valence-electron chi connectivity index (χ4n) is 1.92. The highest BCUT2D eigenvalue weighted by molar-refractivity contribution is 6.33. The number of para-hydroxylation sites is 2. The van der Waals surface area contributed by atoms with Crippen LogP contribution in [-0.2, 0) is 0 Å². The zero-order chi connectivity index (χ0) is 12.5. The van der Waals surface area contributed by atoms with Gasteiger partial charge in [0.25, 0.3) is 0 Å². The van der Waals surface area contributed by atoms with Crippen LogP contribution in [0.4, 0.5) is 0 Å². The van der Waals surface area contributed by atoms with Gasteiger partial charge in [0, 0.05) is 5.56 Å². The topological polar surface area (TPSA) is 25.8 Å². The number of rotatable bonds is 1. The molecule has 88 valence electrons. The van der Waals surface area contributed by atoms with Crippen molar-refractivity contribution in [2.24, 2.45) is 0 Å². The first kappa shape index (κ1) is 11.2. The SMILES string of the molecule is Cc1ccc(Cl)c(-c2cnc3ccccc3n2)c1. The van der Waals surface area contributed by atoms with Crippen LogP contribution in [0.5, 0.6) is 0 Å². The predicted octanol–water partition coefficient (Wildman–Crippen LogP) is 4.26. The Labute approximate surface area is 110 Å². The Morgan fingerprint density at radius 3 is 2.61 bits per heavy atom. The molecular weight excluding hydrogens is 244 g/mol. The highest BCUT2D eigenvalue weighted by Crippen LogP contribution is 2.27. The number of aryl methyl sites for hydroxylation is 1. The van der Waals surface area contributed by atoms with Gasteiger partial charge in [0.2, 0.25) is 0 Å². The van der Waals surface area contributed by atoms with Crippen LogP contribution in [-0.4, -0.2) is 9.97 Å². The Kier molecular flexibility index (Phi) is 2.73. The third-order valence-electron chi connectivity index (χ3n) is 2.85. The van der Waals surface area contributed by atoms with E-state index in [4.69, 9.17) is 11.6 Å². The summed E-state index contributed by atoms with van der Waals surface area (Å²) >= 11 is 6.21. The molecule has 0 saturated heterocycles. The van der Waals surface area contributed by atoms with Gasteiger partial charge >= 0.3 is 0 Å². The number of aromatic nitrogens is 2. The standard InChI is InChI=1S/C15H11ClN2/c1-10-6-7-12(16)11(8-10)15-9-17-13-4-2-3-5-14(13)18-15/h2-9H,1H3. The molecule has 3 rings (SSSR count). The number of fused-ring (bicyclic) bond motifs is 1. The second-order valence-electron chi connectivity index (χ2n) is 4.23. The van der Waals surface area contributed by atoms with E-state index in [2.05, 4.69) is 9.97 Å². The molecule has 18 heavy (non-hydrogen) atoms. The van der Waals surface area contributed by atoms with Gasteiger partial charge in [-0.25, -0.2) is 4.98 Å². The maximum atomic E-state index is 6.21. The lowest BCUT2D eigenvalue weighted by Gasteiger charge is -2.05. The predicted molar refractivity (Wildman–Crippen MR) is 74.7 cm³/mol. The summed E-state index contributed by atoms with van der Waals surface area (Å²) < 4.78 is 0. The largest absolute Gasteiger partial charge is 0.252 e. The van der Waals surface area contributed by atoms with Gasteiger partial charge in [-0.3, -0.25) is 4.98 Å². The van der Waals surface area contributed by atoms with Crippen LogP contribution in [0.1, 0.15) is 5.56 Å². The number of benzene rings is 2. The highest BCUT2D eigenvalue weighted by atomic mass is 35.5. The summed E-state index contributed by atoms with van der Waals surface area (Å²) in [6.07, 6.45) is 1.77. The van der Waals surface area contributed by atoms with Gasteiger partial charge in [0.1, 0.15) is 0 Å². The average Bonchev–Trinajstić information content (AvgIpc) is 2.41. The molecule has 0 aliphatic rings. The average molecular weight is 255 g/mol. The van der Waals surface area contributed by atoms with Crippen LogP contribution >= 0.6 is 11.6 Å².